The summed E-state index contributed by atoms with van der Waals surface area (Å²) in [6.45, 7) is -0.107. The van der Waals surface area contributed by atoms with Crippen LogP contribution in [0.4, 0.5) is 5.82 Å². The van der Waals surface area contributed by atoms with Gasteiger partial charge in [-0.05, 0) is 59.2 Å². The predicted octanol–water partition coefficient (Wildman–Crippen LogP) is 5.00. The van der Waals surface area contributed by atoms with Crippen molar-refractivity contribution in [2.75, 3.05) is 33.3 Å². The van der Waals surface area contributed by atoms with Crippen molar-refractivity contribution in [2.24, 2.45) is 5.50 Å². The minimum atomic E-state index is -2.38. The third-order valence-corrected chi connectivity index (χ3v) is 9.27. The van der Waals surface area contributed by atoms with E-state index in [1.807, 2.05) is 78.9 Å². The molecule has 270 valence electrons. The summed E-state index contributed by atoms with van der Waals surface area (Å²) in [6, 6.07) is 34.9. The predicted molar refractivity (Wildman–Crippen MR) is 194 cm³/mol. The van der Waals surface area contributed by atoms with Gasteiger partial charge in [0.25, 0.3) is 14.4 Å². The van der Waals surface area contributed by atoms with E-state index in [-0.39, 0.29) is 12.4 Å². The van der Waals surface area contributed by atoms with Gasteiger partial charge in [0.1, 0.15) is 41.2 Å². The van der Waals surface area contributed by atoms with E-state index in [9.17, 15) is 14.5 Å². The van der Waals surface area contributed by atoms with Crippen LogP contribution in [-0.2, 0) is 24.3 Å². The van der Waals surface area contributed by atoms with Crippen LogP contribution in [-0.4, -0.2) is 66.6 Å². The summed E-state index contributed by atoms with van der Waals surface area (Å²) >= 11 is 0. The summed E-state index contributed by atoms with van der Waals surface area (Å²) < 4.78 is 37.3. The number of benzene rings is 4. The van der Waals surface area contributed by atoms with Crippen LogP contribution in [0.3, 0.4) is 0 Å². The molecule has 52 heavy (non-hydrogen) atoms. The van der Waals surface area contributed by atoms with Crippen LogP contribution in [0.15, 0.2) is 126 Å². The van der Waals surface area contributed by atoms with Gasteiger partial charge in [0.15, 0.2) is 6.23 Å². The quantitative estimate of drug-likeness (QED) is 0.104. The molecule has 0 radical (unpaired) electrons. The molecule has 1 unspecified atom stereocenters. The highest BCUT2D eigenvalue weighted by Crippen LogP contribution is 2.44. The van der Waals surface area contributed by atoms with E-state index in [0.29, 0.717) is 17.1 Å². The summed E-state index contributed by atoms with van der Waals surface area (Å²) in [5.41, 5.74) is 6.68. The fourth-order valence-corrected chi connectivity index (χ4v) is 6.81. The van der Waals surface area contributed by atoms with E-state index in [1.165, 1.54) is 23.9 Å². The number of nitrogens with one attached hydrogen (secondary N) is 1. The third kappa shape index (κ3) is 7.76. The summed E-state index contributed by atoms with van der Waals surface area (Å²) in [4.78, 5) is 40.4. The number of rotatable bonds is 14. The molecule has 14 heteroatoms. The molecule has 1 aliphatic rings. The number of carbonyl (C=O) groups is 1. The summed E-state index contributed by atoms with van der Waals surface area (Å²) in [5.74, 6) is 0.977. The second-order valence-electron chi connectivity index (χ2n) is 11.8. The molecule has 1 amide bonds. The monoisotopic (exact) mass is 726 g/mol. The summed E-state index contributed by atoms with van der Waals surface area (Å²) in [6.07, 6.45) is -2.42. The van der Waals surface area contributed by atoms with Gasteiger partial charge in [0, 0.05) is 18.9 Å². The van der Waals surface area contributed by atoms with Crippen LogP contribution >= 0.6 is 8.53 Å². The number of hydrogen-bond acceptors (Lipinski definition) is 11. The van der Waals surface area contributed by atoms with Crippen LogP contribution < -0.4 is 26.0 Å². The fraction of sp³-hybridized carbons (Fsp3) is 0.237. The van der Waals surface area contributed by atoms with Crippen LogP contribution in [0.1, 0.15) is 33.3 Å². The van der Waals surface area contributed by atoms with E-state index in [4.69, 9.17) is 33.7 Å². The maximum absolute atomic E-state index is 13.4. The van der Waals surface area contributed by atoms with Gasteiger partial charge in [0.05, 0.1) is 20.8 Å². The maximum atomic E-state index is 13.4. The first-order valence-corrected chi connectivity index (χ1v) is 17.6. The highest BCUT2D eigenvalue weighted by Gasteiger charge is 2.50. The molecule has 6 rings (SSSR count). The molecule has 0 saturated carbocycles. The van der Waals surface area contributed by atoms with Crippen molar-refractivity contribution >= 4 is 20.3 Å². The van der Waals surface area contributed by atoms with Crippen LogP contribution in [0.5, 0.6) is 11.5 Å². The minimum absolute atomic E-state index is 0.0576. The number of ether oxygens (including phenoxy) is 5. The topological polar surface area (TPSA) is 166 Å². The van der Waals surface area contributed by atoms with E-state index in [2.05, 4.69) is 10.3 Å². The first-order chi connectivity index (χ1) is 25.3. The molecule has 1 aliphatic heterocycles. The second-order valence-corrected chi connectivity index (χ2v) is 12.6. The number of carbonyl (C=O) groups excluding carboxylic acids is 1. The van der Waals surface area contributed by atoms with Gasteiger partial charge in [-0.2, -0.15) is 4.98 Å². The van der Waals surface area contributed by atoms with Gasteiger partial charge in [-0.25, -0.2) is 4.79 Å². The smallest absolute Gasteiger partial charge is 0.351 e. The minimum Gasteiger partial charge on any atom is -0.497 e. The first kappa shape index (κ1) is 36.8. The first-order valence-electron chi connectivity index (χ1n) is 16.3. The highest BCUT2D eigenvalue weighted by molar-refractivity contribution is 7.43. The number of anilines is 1. The molecular formula is C38H39N4O9P. The van der Waals surface area contributed by atoms with Crippen molar-refractivity contribution in [3.63, 3.8) is 0 Å². The lowest BCUT2D eigenvalue weighted by atomic mass is 9.80. The van der Waals surface area contributed by atoms with Crippen molar-refractivity contribution in [1.82, 2.24) is 9.55 Å². The second kappa shape index (κ2) is 16.6. The maximum Gasteiger partial charge on any atom is 0.351 e. The lowest BCUT2D eigenvalue weighted by Crippen LogP contribution is -2.41. The van der Waals surface area contributed by atoms with E-state index < -0.39 is 50.3 Å². The average Bonchev–Trinajstić information content (AvgIpc) is 3.52. The largest absolute Gasteiger partial charge is 0.497 e. The highest BCUT2D eigenvalue weighted by atomic mass is 31.2. The van der Waals surface area contributed by atoms with Gasteiger partial charge in [-0.1, -0.05) is 72.8 Å². The number of amides is 1. The van der Waals surface area contributed by atoms with E-state index in [0.717, 1.165) is 16.7 Å². The number of nitrogens with two attached hydrogens (primary N) is 1. The lowest BCUT2D eigenvalue weighted by Gasteiger charge is -2.37. The normalized spacial score (nSPS) is 19.2. The Labute approximate surface area is 301 Å². The van der Waals surface area contributed by atoms with Crippen LogP contribution in [0, 0.1) is 0 Å². The lowest BCUT2D eigenvalue weighted by molar-refractivity contribution is -0.0952. The molecule has 1 fully saturated rings. The number of methoxy groups -OCH3 is 3. The van der Waals surface area contributed by atoms with Crippen molar-refractivity contribution in [3.05, 3.63) is 154 Å². The Hall–Kier alpha value is -4.98. The van der Waals surface area contributed by atoms with Crippen LogP contribution in [0.25, 0.3) is 0 Å². The van der Waals surface area contributed by atoms with Gasteiger partial charge in [-0.15, -0.1) is 0 Å². The SMILES string of the molecule is COc1ccc(C(OC[C@H]2O[C@@H](n3ccc(NC(=O)c4ccccc4)nc3=O)[C@H](OC)[C@@H]2OP(N)O)(c2ccccc2)c2ccc(OC)cc2)cc1. The molecule has 13 nitrogen and oxygen atoms in total. The Bertz CT molecular complexity index is 1930. The van der Waals surface area contributed by atoms with Crippen molar-refractivity contribution in [1.29, 1.82) is 0 Å². The van der Waals surface area contributed by atoms with Gasteiger partial charge in [-0.3, -0.25) is 14.9 Å². The molecule has 5 atom stereocenters. The zero-order valence-electron chi connectivity index (χ0n) is 28.7. The standard InChI is InChI=1S/C38H39N4O9P/c1-46-29-18-14-27(15-19-29)38(26-12-8-5-9-13-26,28-16-20-30(47-2)21-17-28)49-24-31-33(51-52(39)45)34(48-3)36(50-31)42-23-22-32(41-37(42)44)40-35(43)25-10-6-4-7-11-25/h4-23,31,33-34,36,45H,24,39H2,1-3H3,(H,40,41,43,44)/t31-,33-,34-,36-,52?/m1/s1. The molecule has 0 spiro atoms. The van der Waals surface area contributed by atoms with Crippen molar-refractivity contribution in [3.8, 4) is 11.5 Å². The van der Waals surface area contributed by atoms with Crippen molar-refractivity contribution < 1.29 is 37.9 Å². The van der Waals surface area contributed by atoms with Gasteiger partial charge >= 0.3 is 5.69 Å². The number of aromatic nitrogens is 2. The summed E-state index contributed by atoms with van der Waals surface area (Å²) in [5, 5.41) is 2.64. The van der Waals surface area contributed by atoms with Crippen molar-refractivity contribution in [2.45, 2.75) is 30.1 Å². The van der Waals surface area contributed by atoms with E-state index >= 15 is 0 Å². The number of nitrogens with zero attached hydrogens (tertiary/aromatic N) is 2. The molecule has 1 saturated heterocycles. The third-order valence-electron chi connectivity index (χ3n) is 8.81. The average molecular weight is 727 g/mol. The Morgan fingerprint density at radius 3 is 1.92 bits per heavy atom. The molecule has 0 bridgehead atoms. The molecular weight excluding hydrogens is 687 g/mol. The Kier molecular flexibility index (Phi) is 11.7. The number of hydrogen-bond donors (Lipinski definition) is 3. The zero-order chi connectivity index (χ0) is 36.7. The molecule has 1 aromatic heterocycles. The van der Waals surface area contributed by atoms with Crippen LogP contribution in [0.2, 0.25) is 0 Å². The van der Waals surface area contributed by atoms with E-state index in [1.54, 1.807) is 44.6 Å². The van der Waals surface area contributed by atoms with Gasteiger partial charge < -0.3 is 38.4 Å². The molecule has 4 N–H and O–H groups in total. The molecule has 2 heterocycles. The Morgan fingerprint density at radius 1 is 0.846 bits per heavy atom. The fourth-order valence-electron chi connectivity index (χ4n) is 6.30. The summed E-state index contributed by atoms with van der Waals surface area (Å²) in [7, 11) is 2.26. The Balaban J connectivity index is 1.36. The molecule has 0 aliphatic carbocycles. The van der Waals surface area contributed by atoms with Gasteiger partial charge in [0.2, 0.25) is 0 Å². The zero-order valence-corrected chi connectivity index (χ0v) is 29.6. The Morgan fingerprint density at radius 2 is 1.40 bits per heavy atom. The molecule has 5 aromatic rings. The molecule has 4 aromatic carbocycles.